The molecule has 39 heavy (non-hydrogen) atoms. The molecule has 5 heteroatoms. The van der Waals surface area contributed by atoms with E-state index in [1.165, 1.54) is 25.7 Å². The lowest BCUT2D eigenvalue weighted by molar-refractivity contribution is -0.175. The number of ether oxygens (including phenoxy) is 1. The van der Waals surface area contributed by atoms with Crippen LogP contribution < -0.4 is 0 Å². The van der Waals surface area contributed by atoms with Crippen LogP contribution in [0.1, 0.15) is 96.6 Å². The zero-order valence-electron chi connectivity index (χ0n) is 24.4. The maximum Gasteiger partial charge on any atom is 0.222 e. The summed E-state index contributed by atoms with van der Waals surface area (Å²) in [5.74, 6) is 3.65. The Morgan fingerprint density at radius 2 is 1.85 bits per heavy atom. The van der Waals surface area contributed by atoms with E-state index in [1.54, 1.807) is 0 Å². The maximum absolute atomic E-state index is 13.3. The Labute approximate surface area is 235 Å². The molecule has 4 saturated carbocycles. The van der Waals surface area contributed by atoms with Crippen molar-refractivity contribution < 1.29 is 19.7 Å². The number of aliphatic hydroxyl groups excluding tert-OH is 2. The van der Waals surface area contributed by atoms with E-state index < -0.39 is 0 Å². The van der Waals surface area contributed by atoms with E-state index in [0.29, 0.717) is 61.6 Å². The molecule has 0 spiro atoms. The van der Waals surface area contributed by atoms with Crippen molar-refractivity contribution in [2.45, 2.75) is 103 Å². The normalized spacial score (nSPS) is 44.7. The lowest BCUT2D eigenvalue weighted by Crippen LogP contribution is -2.58. The number of hydrogen-bond acceptors (Lipinski definition) is 4. The molecule has 1 aromatic rings. The van der Waals surface area contributed by atoms with Crippen molar-refractivity contribution in [3.63, 3.8) is 0 Å². The van der Waals surface area contributed by atoms with Gasteiger partial charge >= 0.3 is 0 Å². The van der Waals surface area contributed by atoms with E-state index >= 15 is 0 Å². The summed E-state index contributed by atoms with van der Waals surface area (Å²) in [7, 11) is 0. The van der Waals surface area contributed by atoms with Crippen molar-refractivity contribution in [2.75, 3.05) is 19.7 Å². The molecule has 11 unspecified atom stereocenters. The Morgan fingerprint density at radius 3 is 2.64 bits per heavy atom. The van der Waals surface area contributed by atoms with Crippen molar-refractivity contribution in [3.05, 3.63) is 35.9 Å². The zero-order valence-corrected chi connectivity index (χ0v) is 24.4. The van der Waals surface area contributed by atoms with Crippen LogP contribution in [0.15, 0.2) is 30.3 Å². The first-order valence-corrected chi connectivity index (χ1v) is 16.0. The van der Waals surface area contributed by atoms with Crippen molar-refractivity contribution >= 4 is 5.91 Å². The molecule has 11 atom stereocenters. The summed E-state index contributed by atoms with van der Waals surface area (Å²) in [4.78, 5) is 15.3. The Morgan fingerprint density at radius 1 is 1.05 bits per heavy atom. The maximum atomic E-state index is 13.3. The highest BCUT2D eigenvalue weighted by molar-refractivity contribution is 5.76. The molecule has 1 aliphatic heterocycles. The summed E-state index contributed by atoms with van der Waals surface area (Å²) >= 11 is 0. The van der Waals surface area contributed by atoms with Crippen LogP contribution in [0.4, 0.5) is 0 Å². The van der Waals surface area contributed by atoms with E-state index in [0.717, 1.165) is 37.7 Å². The SMILES string of the molecule is CC(CCC(=O)N1CCOC(c2ccccc2)C1)C1CCC2C3CCC4CC(O)CCC4(C)C3CC(O)C12C. The largest absolute Gasteiger partial charge is 0.393 e. The van der Waals surface area contributed by atoms with E-state index in [-0.39, 0.29) is 35.0 Å². The summed E-state index contributed by atoms with van der Waals surface area (Å²) < 4.78 is 5.99. The molecular weight excluding hydrogens is 486 g/mol. The average molecular weight is 538 g/mol. The van der Waals surface area contributed by atoms with Crippen LogP contribution in [-0.2, 0) is 9.53 Å². The van der Waals surface area contributed by atoms with Gasteiger partial charge in [-0.05, 0) is 110 Å². The predicted molar refractivity (Wildman–Crippen MR) is 153 cm³/mol. The van der Waals surface area contributed by atoms with Gasteiger partial charge in [0, 0.05) is 13.0 Å². The standard InChI is InChI=1S/C34H51NO4/c1-22(9-14-32(38)35-17-18-39-30(21-35)23-7-5-4-6-8-23)27-12-13-28-26-11-10-24-19-25(36)15-16-33(24,2)29(26)20-31(37)34(27,28)3/h4-8,22,24-31,36-37H,9-21H2,1-3H3. The lowest BCUT2D eigenvalue weighted by Gasteiger charge is -2.62. The van der Waals surface area contributed by atoms with Crippen LogP contribution in [0.3, 0.4) is 0 Å². The molecule has 1 amide bonds. The third-order valence-corrected chi connectivity index (χ3v) is 12.9. The van der Waals surface area contributed by atoms with Gasteiger partial charge in [0.15, 0.2) is 0 Å². The molecule has 5 aliphatic rings. The van der Waals surface area contributed by atoms with Crippen molar-refractivity contribution in [1.29, 1.82) is 0 Å². The Kier molecular flexibility index (Phi) is 7.65. The molecule has 0 bridgehead atoms. The quantitative estimate of drug-likeness (QED) is 0.484. The molecule has 216 valence electrons. The van der Waals surface area contributed by atoms with Crippen molar-refractivity contribution in [1.82, 2.24) is 4.90 Å². The molecular formula is C34H51NO4. The molecule has 2 N–H and O–H groups in total. The third-order valence-electron chi connectivity index (χ3n) is 12.9. The number of aliphatic hydroxyl groups is 2. The van der Waals surface area contributed by atoms with Gasteiger partial charge in [-0.2, -0.15) is 0 Å². The van der Waals surface area contributed by atoms with E-state index in [2.05, 4.69) is 32.9 Å². The molecule has 1 heterocycles. The van der Waals surface area contributed by atoms with Crippen LogP contribution in [0.5, 0.6) is 0 Å². The predicted octanol–water partition coefficient (Wildman–Crippen LogP) is 5.99. The fourth-order valence-electron chi connectivity index (χ4n) is 10.6. The molecule has 1 saturated heterocycles. The van der Waals surface area contributed by atoms with E-state index in [1.807, 2.05) is 23.1 Å². The topological polar surface area (TPSA) is 70.0 Å². The van der Waals surface area contributed by atoms with Crippen molar-refractivity contribution in [3.8, 4) is 0 Å². The number of rotatable bonds is 5. The highest BCUT2D eigenvalue weighted by atomic mass is 16.5. The Bertz CT molecular complexity index is 1020. The average Bonchev–Trinajstić information content (AvgIpc) is 3.32. The van der Waals surface area contributed by atoms with Gasteiger partial charge < -0.3 is 19.8 Å². The van der Waals surface area contributed by atoms with Gasteiger partial charge in [0.25, 0.3) is 0 Å². The molecule has 1 aromatic carbocycles. The van der Waals surface area contributed by atoms with Gasteiger partial charge in [-0.3, -0.25) is 4.79 Å². The van der Waals surface area contributed by atoms with Crippen LogP contribution in [-0.4, -0.2) is 52.9 Å². The van der Waals surface area contributed by atoms with Gasteiger partial charge in [-0.25, -0.2) is 0 Å². The third kappa shape index (κ3) is 4.78. The monoisotopic (exact) mass is 537 g/mol. The second-order valence-electron chi connectivity index (χ2n) is 14.5. The second kappa shape index (κ2) is 10.8. The summed E-state index contributed by atoms with van der Waals surface area (Å²) in [5, 5.41) is 22.2. The number of nitrogens with zero attached hydrogens (tertiary/aromatic N) is 1. The summed E-state index contributed by atoms with van der Waals surface area (Å²) in [6.07, 6.45) is 9.92. The number of carbonyl (C=O) groups excluding carboxylic acids is 1. The summed E-state index contributed by atoms with van der Waals surface area (Å²) in [6.45, 7) is 9.15. The van der Waals surface area contributed by atoms with E-state index in [9.17, 15) is 15.0 Å². The summed E-state index contributed by atoms with van der Waals surface area (Å²) in [5.41, 5.74) is 1.37. The number of morpholine rings is 1. The smallest absolute Gasteiger partial charge is 0.222 e. The number of amides is 1. The van der Waals surface area contributed by atoms with Gasteiger partial charge in [0.2, 0.25) is 5.91 Å². The van der Waals surface area contributed by atoms with Gasteiger partial charge in [-0.15, -0.1) is 0 Å². The van der Waals surface area contributed by atoms with Crippen LogP contribution in [0, 0.1) is 46.3 Å². The Hall–Kier alpha value is -1.43. The van der Waals surface area contributed by atoms with Gasteiger partial charge in [-0.1, -0.05) is 51.1 Å². The highest BCUT2D eigenvalue weighted by Crippen LogP contribution is 2.68. The Balaban J connectivity index is 1.09. The molecule has 6 rings (SSSR count). The minimum Gasteiger partial charge on any atom is -0.393 e. The fourth-order valence-corrected chi connectivity index (χ4v) is 10.6. The number of carbonyl (C=O) groups is 1. The minimum absolute atomic E-state index is 0.0365. The van der Waals surface area contributed by atoms with Gasteiger partial charge in [0.05, 0.1) is 25.4 Å². The van der Waals surface area contributed by atoms with Crippen molar-refractivity contribution in [2.24, 2.45) is 46.3 Å². The molecule has 0 aromatic heterocycles. The van der Waals surface area contributed by atoms with Crippen LogP contribution >= 0.6 is 0 Å². The van der Waals surface area contributed by atoms with Crippen LogP contribution in [0.25, 0.3) is 0 Å². The van der Waals surface area contributed by atoms with Crippen LogP contribution in [0.2, 0.25) is 0 Å². The molecule has 5 fully saturated rings. The van der Waals surface area contributed by atoms with Gasteiger partial charge in [0.1, 0.15) is 6.10 Å². The van der Waals surface area contributed by atoms with E-state index in [4.69, 9.17) is 4.74 Å². The molecule has 4 aliphatic carbocycles. The number of hydrogen-bond donors (Lipinski definition) is 2. The first-order chi connectivity index (χ1) is 18.7. The first kappa shape index (κ1) is 27.7. The highest BCUT2D eigenvalue weighted by Gasteiger charge is 2.63. The lowest BCUT2D eigenvalue weighted by atomic mass is 9.43. The fraction of sp³-hybridized carbons (Fsp3) is 0.794. The summed E-state index contributed by atoms with van der Waals surface area (Å²) in [6, 6.07) is 10.2. The zero-order chi connectivity index (χ0) is 27.4. The first-order valence-electron chi connectivity index (χ1n) is 16.0. The number of fused-ring (bicyclic) bond motifs is 5. The molecule has 5 nitrogen and oxygen atoms in total. The minimum atomic E-state index is -0.261. The second-order valence-corrected chi connectivity index (χ2v) is 14.5. The number of benzene rings is 1. The molecule has 0 radical (unpaired) electrons.